The molecule has 0 aliphatic heterocycles. The summed E-state index contributed by atoms with van der Waals surface area (Å²) in [6.07, 6.45) is 0.678. The Morgan fingerprint density at radius 1 is 0.912 bits per heavy atom. The number of amides is 2. The van der Waals surface area contributed by atoms with Crippen molar-refractivity contribution in [3.05, 3.63) is 95.6 Å². The molecule has 34 heavy (non-hydrogen) atoms. The van der Waals surface area contributed by atoms with Gasteiger partial charge in [-0.15, -0.1) is 11.6 Å². The molecule has 0 bridgehead atoms. The quantitative estimate of drug-likeness (QED) is 0.414. The molecule has 0 aromatic heterocycles. The average molecular weight is 481 g/mol. The third-order valence-corrected chi connectivity index (χ3v) is 5.74. The van der Waals surface area contributed by atoms with Crippen LogP contribution >= 0.6 is 11.6 Å². The summed E-state index contributed by atoms with van der Waals surface area (Å²) < 4.78 is 10.7. The zero-order chi connectivity index (χ0) is 24.3. The van der Waals surface area contributed by atoms with Gasteiger partial charge in [-0.25, -0.2) is 0 Å². The molecule has 0 aliphatic rings. The summed E-state index contributed by atoms with van der Waals surface area (Å²) in [5, 5.41) is 2.99. The van der Waals surface area contributed by atoms with Gasteiger partial charge in [-0.05, 0) is 35.7 Å². The number of para-hydroxylation sites is 1. The second-order valence-electron chi connectivity index (χ2n) is 7.67. The zero-order valence-corrected chi connectivity index (χ0v) is 20.1. The van der Waals surface area contributed by atoms with Gasteiger partial charge in [0, 0.05) is 12.1 Å². The first kappa shape index (κ1) is 25.1. The van der Waals surface area contributed by atoms with Crippen molar-refractivity contribution in [3.63, 3.8) is 0 Å². The van der Waals surface area contributed by atoms with Crippen molar-refractivity contribution < 1.29 is 19.1 Å². The number of methoxy groups -OCH3 is 2. The highest BCUT2D eigenvalue weighted by molar-refractivity contribution is 6.27. The zero-order valence-electron chi connectivity index (χ0n) is 19.4. The van der Waals surface area contributed by atoms with E-state index in [2.05, 4.69) is 5.32 Å². The highest BCUT2D eigenvalue weighted by atomic mass is 35.5. The van der Waals surface area contributed by atoms with Crippen LogP contribution in [0.2, 0.25) is 0 Å². The minimum atomic E-state index is -0.877. The fraction of sp³-hybridized carbons (Fsp3) is 0.259. The van der Waals surface area contributed by atoms with Crippen molar-refractivity contribution in [3.8, 4) is 11.5 Å². The number of carbonyl (C=O) groups excluding carboxylic acids is 2. The van der Waals surface area contributed by atoms with Crippen LogP contribution < -0.4 is 14.8 Å². The molecule has 0 saturated carbocycles. The average Bonchev–Trinajstić information content (AvgIpc) is 2.89. The molecule has 0 fully saturated rings. The van der Waals surface area contributed by atoms with E-state index in [0.717, 1.165) is 11.1 Å². The Balaban J connectivity index is 1.91. The predicted molar refractivity (Wildman–Crippen MR) is 133 cm³/mol. The molecule has 6 nitrogen and oxygen atoms in total. The number of nitrogens with one attached hydrogen (secondary N) is 1. The molecule has 1 N–H and O–H groups in total. The van der Waals surface area contributed by atoms with Crippen LogP contribution in [0.1, 0.15) is 22.7 Å². The molecule has 0 unspecified atom stereocenters. The molecule has 1 atom stereocenters. The van der Waals surface area contributed by atoms with E-state index in [1.807, 2.05) is 54.6 Å². The van der Waals surface area contributed by atoms with Gasteiger partial charge in [-0.2, -0.15) is 0 Å². The Kier molecular flexibility index (Phi) is 9.35. The number of ether oxygens (including phenoxy) is 2. The molecule has 0 radical (unpaired) electrons. The number of hydrogen-bond acceptors (Lipinski definition) is 4. The van der Waals surface area contributed by atoms with Crippen molar-refractivity contribution in [1.29, 1.82) is 0 Å². The molecule has 2 amide bonds. The van der Waals surface area contributed by atoms with Crippen LogP contribution in [0.5, 0.6) is 11.5 Å². The first-order valence-corrected chi connectivity index (χ1v) is 11.5. The number of carbonyl (C=O) groups is 2. The number of alkyl halides is 1. The van der Waals surface area contributed by atoms with Crippen LogP contribution in [0, 0.1) is 0 Å². The van der Waals surface area contributed by atoms with E-state index in [0.29, 0.717) is 30.0 Å². The van der Waals surface area contributed by atoms with Crippen molar-refractivity contribution in [2.24, 2.45) is 0 Å². The van der Waals surface area contributed by atoms with Gasteiger partial charge < -0.3 is 19.7 Å². The molecular formula is C27H29ClN2O4. The molecule has 3 aromatic carbocycles. The minimum absolute atomic E-state index is 0.165. The van der Waals surface area contributed by atoms with Crippen LogP contribution in [0.4, 0.5) is 0 Å². The third-order valence-electron chi connectivity index (χ3n) is 5.52. The molecule has 0 saturated heterocycles. The van der Waals surface area contributed by atoms with Crippen molar-refractivity contribution >= 4 is 23.4 Å². The first-order valence-electron chi connectivity index (χ1n) is 11.0. The van der Waals surface area contributed by atoms with E-state index in [1.165, 1.54) is 4.90 Å². The van der Waals surface area contributed by atoms with Gasteiger partial charge >= 0.3 is 0 Å². The van der Waals surface area contributed by atoms with E-state index in [-0.39, 0.29) is 24.2 Å². The lowest BCUT2D eigenvalue weighted by atomic mass is 10.0. The molecule has 178 valence electrons. The summed E-state index contributed by atoms with van der Waals surface area (Å²) in [6.45, 7) is 0.603. The normalized spacial score (nSPS) is 11.4. The Morgan fingerprint density at radius 3 is 2.24 bits per heavy atom. The summed E-state index contributed by atoms with van der Waals surface area (Å²) in [7, 11) is 3.15. The highest BCUT2D eigenvalue weighted by Crippen LogP contribution is 2.28. The maximum absolute atomic E-state index is 13.5. The standard InChI is InChI=1S/C27H29ClN2O4/c1-33-23-14-12-21(13-15-23)26(27(32)29-17-16-20-8-4-3-5-9-20)30(25(31)18-28)19-22-10-6-7-11-24(22)34-2/h3-15,26H,16-19H2,1-2H3,(H,29,32)/t26-/m1/s1. The third kappa shape index (κ3) is 6.51. The van der Waals surface area contributed by atoms with Crippen LogP contribution in [0.3, 0.4) is 0 Å². The molecule has 0 heterocycles. The van der Waals surface area contributed by atoms with Gasteiger partial charge in [-0.3, -0.25) is 9.59 Å². The molecular weight excluding hydrogens is 452 g/mol. The van der Waals surface area contributed by atoms with E-state index >= 15 is 0 Å². The molecule has 0 spiro atoms. The van der Waals surface area contributed by atoms with Gasteiger partial charge in [0.05, 0.1) is 20.8 Å². The summed E-state index contributed by atoms with van der Waals surface area (Å²) in [4.78, 5) is 28.0. The second kappa shape index (κ2) is 12.7. The largest absolute Gasteiger partial charge is 0.497 e. The molecule has 7 heteroatoms. The van der Waals surface area contributed by atoms with Crippen molar-refractivity contribution in [2.45, 2.75) is 19.0 Å². The lowest BCUT2D eigenvalue weighted by molar-refractivity contribution is -0.139. The fourth-order valence-electron chi connectivity index (χ4n) is 3.75. The number of nitrogens with zero attached hydrogens (tertiary/aromatic N) is 1. The first-order chi connectivity index (χ1) is 16.6. The Bertz CT molecular complexity index is 1070. The van der Waals surface area contributed by atoms with E-state index in [9.17, 15) is 9.59 Å². The van der Waals surface area contributed by atoms with Gasteiger partial charge in [0.15, 0.2) is 0 Å². The highest BCUT2D eigenvalue weighted by Gasteiger charge is 2.31. The summed E-state index contributed by atoms with van der Waals surface area (Å²) in [6, 6.07) is 23.6. The maximum atomic E-state index is 13.5. The fourth-order valence-corrected chi connectivity index (χ4v) is 3.90. The SMILES string of the molecule is COc1ccc([C@H](C(=O)NCCc2ccccc2)N(Cc2ccccc2OC)C(=O)CCl)cc1. The van der Waals surface area contributed by atoms with Crippen molar-refractivity contribution in [2.75, 3.05) is 26.6 Å². The summed E-state index contributed by atoms with van der Waals surface area (Å²) in [5.74, 6) is 0.403. The minimum Gasteiger partial charge on any atom is -0.497 e. The Labute approximate surface area is 205 Å². The molecule has 0 aliphatic carbocycles. The number of halogens is 1. The van der Waals surface area contributed by atoms with Gasteiger partial charge in [0.2, 0.25) is 11.8 Å². The number of benzene rings is 3. The summed E-state index contributed by atoms with van der Waals surface area (Å²) >= 11 is 5.98. The Morgan fingerprint density at radius 2 is 1.59 bits per heavy atom. The maximum Gasteiger partial charge on any atom is 0.247 e. The molecule has 3 rings (SSSR count). The van der Waals surface area contributed by atoms with E-state index in [1.54, 1.807) is 38.5 Å². The van der Waals surface area contributed by atoms with E-state index < -0.39 is 6.04 Å². The molecule has 3 aromatic rings. The van der Waals surface area contributed by atoms with Crippen LogP contribution in [-0.2, 0) is 22.6 Å². The predicted octanol–water partition coefficient (Wildman–Crippen LogP) is 4.37. The van der Waals surface area contributed by atoms with E-state index in [4.69, 9.17) is 21.1 Å². The Hall–Kier alpha value is -3.51. The van der Waals surface area contributed by atoms with Gasteiger partial charge in [0.1, 0.15) is 23.4 Å². The van der Waals surface area contributed by atoms with Crippen LogP contribution in [0.15, 0.2) is 78.9 Å². The van der Waals surface area contributed by atoms with Crippen molar-refractivity contribution in [1.82, 2.24) is 10.2 Å². The lowest BCUT2D eigenvalue weighted by Gasteiger charge is -2.31. The summed E-state index contributed by atoms with van der Waals surface area (Å²) in [5.41, 5.74) is 2.55. The monoisotopic (exact) mass is 480 g/mol. The smallest absolute Gasteiger partial charge is 0.247 e. The topological polar surface area (TPSA) is 67.9 Å². The van der Waals surface area contributed by atoms with Gasteiger partial charge in [-0.1, -0.05) is 60.7 Å². The number of rotatable bonds is 11. The van der Waals surface area contributed by atoms with Crippen LogP contribution in [-0.4, -0.2) is 43.4 Å². The number of hydrogen-bond donors (Lipinski definition) is 1. The van der Waals surface area contributed by atoms with Gasteiger partial charge in [0.25, 0.3) is 0 Å². The lowest BCUT2D eigenvalue weighted by Crippen LogP contribution is -2.44. The second-order valence-corrected chi connectivity index (χ2v) is 7.94. The van der Waals surface area contributed by atoms with Crippen LogP contribution in [0.25, 0.3) is 0 Å².